The Morgan fingerprint density at radius 3 is 2.60 bits per heavy atom. The first kappa shape index (κ1) is 15.6. The van der Waals surface area contributed by atoms with E-state index in [-0.39, 0.29) is 12.0 Å². The second kappa shape index (κ2) is 6.53. The van der Waals surface area contributed by atoms with E-state index in [1.807, 2.05) is 61.5 Å². The van der Waals surface area contributed by atoms with E-state index in [9.17, 15) is 4.79 Å². The van der Waals surface area contributed by atoms with Crippen LogP contribution in [0, 0.1) is 0 Å². The van der Waals surface area contributed by atoms with Crippen LogP contribution in [0.15, 0.2) is 65.3 Å². The molecule has 2 aliphatic heterocycles. The summed E-state index contributed by atoms with van der Waals surface area (Å²) in [6.45, 7) is 3.16. The van der Waals surface area contributed by atoms with Crippen LogP contribution in [0.3, 0.4) is 0 Å². The van der Waals surface area contributed by atoms with Gasteiger partial charge in [0, 0.05) is 0 Å². The van der Waals surface area contributed by atoms with Crippen molar-refractivity contribution in [2.75, 3.05) is 18.1 Å². The van der Waals surface area contributed by atoms with E-state index in [4.69, 9.17) is 9.47 Å². The summed E-state index contributed by atoms with van der Waals surface area (Å²) < 4.78 is 10.8. The fourth-order valence-electron chi connectivity index (χ4n) is 2.68. The molecule has 5 nitrogen and oxygen atoms in total. The predicted octanol–water partition coefficient (Wildman–Crippen LogP) is 3.27. The predicted molar refractivity (Wildman–Crippen MR) is 96.7 cm³/mol. The molecule has 25 heavy (non-hydrogen) atoms. The molecule has 1 amide bonds. The first-order chi connectivity index (χ1) is 12.2. The smallest absolute Gasteiger partial charge is 0.282 e. The molecule has 0 radical (unpaired) electrons. The molecule has 2 aliphatic rings. The SMILES string of the molecule is CC1=N/C(=C\c2ccccc2)C(=O)N1c1ccc(OCC2CO2)cc1. The number of rotatable bonds is 5. The topological polar surface area (TPSA) is 54.4 Å². The van der Waals surface area contributed by atoms with E-state index in [1.54, 1.807) is 11.0 Å². The van der Waals surface area contributed by atoms with Gasteiger partial charge in [0.25, 0.3) is 5.91 Å². The number of amidine groups is 1. The van der Waals surface area contributed by atoms with Gasteiger partial charge in [0.05, 0.1) is 12.3 Å². The zero-order chi connectivity index (χ0) is 17.2. The van der Waals surface area contributed by atoms with Gasteiger partial charge in [-0.1, -0.05) is 30.3 Å². The molecule has 1 saturated heterocycles. The first-order valence-corrected chi connectivity index (χ1v) is 8.22. The lowest BCUT2D eigenvalue weighted by atomic mass is 10.2. The highest BCUT2D eigenvalue weighted by atomic mass is 16.6. The molecule has 1 unspecified atom stereocenters. The van der Waals surface area contributed by atoms with Gasteiger partial charge in [-0.3, -0.25) is 9.69 Å². The van der Waals surface area contributed by atoms with Crippen LogP contribution in [-0.2, 0) is 9.53 Å². The van der Waals surface area contributed by atoms with Crippen molar-refractivity contribution in [1.82, 2.24) is 0 Å². The van der Waals surface area contributed by atoms with Crippen LogP contribution >= 0.6 is 0 Å². The molecule has 126 valence electrons. The van der Waals surface area contributed by atoms with Crippen molar-refractivity contribution >= 4 is 23.5 Å². The molecule has 2 aromatic rings. The van der Waals surface area contributed by atoms with Crippen LogP contribution in [-0.4, -0.2) is 31.1 Å². The summed E-state index contributed by atoms with van der Waals surface area (Å²) in [5.41, 5.74) is 2.17. The van der Waals surface area contributed by atoms with Crippen molar-refractivity contribution in [2.45, 2.75) is 13.0 Å². The Morgan fingerprint density at radius 2 is 1.92 bits per heavy atom. The summed E-state index contributed by atoms with van der Waals surface area (Å²) in [5.74, 6) is 1.30. The molecule has 4 rings (SSSR count). The summed E-state index contributed by atoms with van der Waals surface area (Å²) in [4.78, 5) is 18.8. The van der Waals surface area contributed by atoms with Gasteiger partial charge in [-0.15, -0.1) is 0 Å². The quantitative estimate of drug-likeness (QED) is 0.623. The molecule has 1 fully saturated rings. The number of benzene rings is 2. The second-order valence-electron chi connectivity index (χ2n) is 6.00. The molecule has 2 aromatic carbocycles. The molecule has 0 bridgehead atoms. The van der Waals surface area contributed by atoms with E-state index < -0.39 is 0 Å². The van der Waals surface area contributed by atoms with Crippen LogP contribution in [0.25, 0.3) is 6.08 Å². The van der Waals surface area contributed by atoms with Crippen LogP contribution in [0.1, 0.15) is 12.5 Å². The molecule has 2 heterocycles. The summed E-state index contributed by atoms with van der Waals surface area (Å²) in [5, 5.41) is 0. The van der Waals surface area contributed by atoms with E-state index in [1.165, 1.54) is 0 Å². The molecule has 0 spiro atoms. The highest BCUT2D eigenvalue weighted by Crippen LogP contribution is 2.27. The number of anilines is 1. The van der Waals surface area contributed by atoms with Gasteiger partial charge in [-0.2, -0.15) is 0 Å². The molecule has 5 heteroatoms. The maximum atomic E-state index is 12.7. The highest BCUT2D eigenvalue weighted by Gasteiger charge is 2.29. The zero-order valence-corrected chi connectivity index (χ0v) is 13.9. The number of amides is 1. The van der Waals surface area contributed by atoms with Gasteiger partial charge in [-0.05, 0) is 42.8 Å². The number of carbonyl (C=O) groups is 1. The third-order valence-electron chi connectivity index (χ3n) is 4.06. The van der Waals surface area contributed by atoms with Gasteiger partial charge < -0.3 is 9.47 Å². The molecule has 1 atom stereocenters. The fraction of sp³-hybridized carbons (Fsp3) is 0.200. The summed E-state index contributed by atoms with van der Waals surface area (Å²) >= 11 is 0. The van der Waals surface area contributed by atoms with Gasteiger partial charge >= 0.3 is 0 Å². The molecule has 0 N–H and O–H groups in total. The standard InChI is InChI=1S/C20H18N2O3/c1-14-21-19(11-15-5-3-2-4-6-15)20(23)22(14)16-7-9-17(10-8-16)24-12-18-13-25-18/h2-11,18H,12-13H2,1H3/b19-11-. The number of hydrogen-bond donors (Lipinski definition) is 0. The lowest BCUT2D eigenvalue weighted by Crippen LogP contribution is -2.30. The summed E-state index contributed by atoms with van der Waals surface area (Å²) in [7, 11) is 0. The Labute approximate surface area is 146 Å². The normalized spacial score (nSPS) is 20.8. The van der Waals surface area contributed by atoms with Crippen molar-refractivity contribution in [3.05, 3.63) is 65.9 Å². The average Bonchev–Trinajstić information content (AvgIpc) is 3.41. The van der Waals surface area contributed by atoms with Crippen LogP contribution in [0.2, 0.25) is 0 Å². The third-order valence-corrected chi connectivity index (χ3v) is 4.06. The molecular weight excluding hydrogens is 316 g/mol. The average molecular weight is 334 g/mol. The first-order valence-electron chi connectivity index (χ1n) is 8.22. The molecule has 0 aromatic heterocycles. The minimum Gasteiger partial charge on any atom is -0.491 e. The zero-order valence-electron chi connectivity index (χ0n) is 13.9. The lowest BCUT2D eigenvalue weighted by molar-refractivity contribution is -0.113. The Balaban J connectivity index is 1.51. The highest BCUT2D eigenvalue weighted by molar-refractivity contribution is 6.28. The number of aliphatic imine (C=N–C) groups is 1. The van der Waals surface area contributed by atoms with Crippen molar-refractivity contribution in [3.8, 4) is 5.75 Å². The number of hydrogen-bond acceptors (Lipinski definition) is 4. The van der Waals surface area contributed by atoms with Crippen LogP contribution < -0.4 is 9.64 Å². The Hall–Kier alpha value is -2.92. The van der Waals surface area contributed by atoms with Crippen molar-refractivity contribution in [3.63, 3.8) is 0 Å². The lowest BCUT2D eigenvalue weighted by Gasteiger charge is -2.16. The van der Waals surface area contributed by atoms with Gasteiger partial charge in [-0.25, -0.2) is 4.99 Å². The van der Waals surface area contributed by atoms with Crippen molar-refractivity contribution in [1.29, 1.82) is 0 Å². The Morgan fingerprint density at radius 1 is 1.20 bits per heavy atom. The van der Waals surface area contributed by atoms with Gasteiger partial charge in [0.2, 0.25) is 0 Å². The van der Waals surface area contributed by atoms with E-state index in [0.717, 1.165) is 23.6 Å². The van der Waals surface area contributed by atoms with Gasteiger partial charge in [0.15, 0.2) is 0 Å². The summed E-state index contributed by atoms with van der Waals surface area (Å²) in [6, 6.07) is 17.2. The third kappa shape index (κ3) is 3.46. The monoisotopic (exact) mass is 334 g/mol. The van der Waals surface area contributed by atoms with E-state index in [0.29, 0.717) is 18.1 Å². The van der Waals surface area contributed by atoms with Crippen LogP contribution in [0.5, 0.6) is 5.75 Å². The van der Waals surface area contributed by atoms with Crippen molar-refractivity contribution < 1.29 is 14.3 Å². The van der Waals surface area contributed by atoms with E-state index in [2.05, 4.69) is 4.99 Å². The number of ether oxygens (including phenoxy) is 2. The summed E-state index contributed by atoms with van der Waals surface area (Å²) in [6.07, 6.45) is 2.03. The second-order valence-corrected chi connectivity index (χ2v) is 6.00. The number of epoxide rings is 1. The van der Waals surface area contributed by atoms with Crippen LogP contribution in [0.4, 0.5) is 5.69 Å². The minimum atomic E-state index is -0.124. The Kier molecular flexibility index (Phi) is 4.07. The maximum absolute atomic E-state index is 12.7. The van der Waals surface area contributed by atoms with E-state index >= 15 is 0 Å². The molecule has 0 saturated carbocycles. The maximum Gasteiger partial charge on any atom is 0.282 e. The van der Waals surface area contributed by atoms with Crippen molar-refractivity contribution in [2.24, 2.45) is 4.99 Å². The largest absolute Gasteiger partial charge is 0.491 e. The minimum absolute atomic E-state index is 0.124. The number of nitrogens with zero attached hydrogens (tertiary/aromatic N) is 2. The molecular formula is C20H18N2O3. The fourth-order valence-corrected chi connectivity index (χ4v) is 2.68. The van der Waals surface area contributed by atoms with Gasteiger partial charge in [0.1, 0.15) is 30.0 Å². The Bertz CT molecular complexity index is 837. The number of carbonyl (C=O) groups excluding carboxylic acids is 1. The molecule has 0 aliphatic carbocycles.